The largest absolute Gasteiger partial charge is 0.466 e. The van der Waals surface area contributed by atoms with Gasteiger partial charge in [-0.05, 0) is 31.0 Å². The van der Waals surface area contributed by atoms with Gasteiger partial charge < -0.3 is 4.74 Å². The maximum atomic E-state index is 12.5. The molecule has 0 fully saturated rings. The van der Waals surface area contributed by atoms with Crippen molar-refractivity contribution in [1.29, 1.82) is 0 Å². The van der Waals surface area contributed by atoms with Crippen molar-refractivity contribution in [2.75, 3.05) is 6.61 Å². The Hall–Kier alpha value is -0.970. The molecule has 0 atom stereocenters. The first-order chi connectivity index (χ1) is 8.04. The van der Waals surface area contributed by atoms with Gasteiger partial charge in [-0.2, -0.15) is 0 Å². The highest BCUT2D eigenvalue weighted by molar-refractivity contribution is 9.10. The number of esters is 1. The van der Waals surface area contributed by atoms with Gasteiger partial charge in [-0.15, -0.1) is 0 Å². The summed E-state index contributed by atoms with van der Waals surface area (Å²) in [4.78, 5) is 11.2. The summed E-state index contributed by atoms with van der Waals surface area (Å²) < 4.78 is 30.5. The lowest BCUT2D eigenvalue weighted by Gasteiger charge is -2.07. The SMILES string of the molecule is CCOC(=O)CCc1cc(C(F)F)ccc1Br. The molecule has 0 amide bonds. The molecule has 2 nitrogen and oxygen atoms in total. The fraction of sp³-hybridized carbons (Fsp3) is 0.417. The first-order valence-corrected chi connectivity index (χ1v) is 6.06. The van der Waals surface area contributed by atoms with Gasteiger partial charge in [0.2, 0.25) is 0 Å². The molecule has 0 saturated heterocycles. The quantitative estimate of drug-likeness (QED) is 0.772. The summed E-state index contributed by atoms with van der Waals surface area (Å²) in [7, 11) is 0. The van der Waals surface area contributed by atoms with Gasteiger partial charge in [0.1, 0.15) is 0 Å². The Bertz CT molecular complexity index is 394. The first-order valence-electron chi connectivity index (χ1n) is 5.26. The van der Waals surface area contributed by atoms with Crippen LogP contribution in [0.2, 0.25) is 0 Å². The lowest BCUT2D eigenvalue weighted by Crippen LogP contribution is -2.05. The van der Waals surface area contributed by atoms with Crippen molar-refractivity contribution >= 4 is 21.9 Å². The van der Waals surface area contributed by atoms with Crippen LogP contribution < -0.4 is 0 Å². The van der Waals surface area contributed by atoms with Crippen molar-refractivity contribution in [3.05, 3.63) is 33.8 Å². The number of alkyl halides is 2. The predicted molar refractivity (Wildman–Crippen MR) is 64.1 cm³/mol. The van der Waals surface area contributed by atoms with E-state index in [0.717, 1.165) is 4.47 Å². The van der Waals surface area contributed by atoms with Crippen LogP contribution in [0.15, 0.2) is 22.7 Å². The highest BCUT2D eigenvalue weighted by Gasteiger charge is 2.11. The average Bonchev–Trinajstić information content (AvgIpc) is 2.28. The highest BCUT2D eigenvalue weighted by atomic mass is 79.9. The van der Waals surface area contributed by atoms with Gasteiger partial charge in [0, 0.05) is 16.5 Å². The van der Waals surface area contributed by atoms with Crippen LogP contribution in [0.5, 0.6) is 0 Å². The lowest BCUT2D eigenvalue weighted by atomic mass is 10.1. The summed E-state index contributed by atoms with van der Waals surface area (Å²) in [6, 6.07) is 4.35. The van der Waals surface area contributed by atoms with Crippen LogP contribution in [-0.2, 0) is 16.0 Å². The molecule has 17 heavy (non-hydrogen) atoms. The number of carbonyl (C=O) groups is 1. The molecule has 1 aromatic carbocycles. The second-order valence-corrected chi connectivity index (χ2v) is 4.31. The number of hydrogen-bond donors (Lipinski definition) is 0. The van der Waals surface area contributed by atoms with Crippen molar-refractivity contribution in [3.63, 3.8) is 0 Å². The van der Waals surface area contributed by atoms with E-state index in [2.05, 4.69) is 15.9 Å². The van der Waals surface area contributed by atoms with Crippen molar-refractivity contribution in [1.82, 2.24) is 0 Å². The molecule has 1 aromatic rings. The van der Waals surface area contributed by atoms with Crippen molar-refractivity contribution in [3.8, 4) is 0 Å². The van der Waals surface area contributed by atoms with Crippen LogP contribution in [0.4, 0.5) is 8.78 Å². The van der Waals surface area contributed by atoms with Crippen LogP contribution >= 0.6 is 15.9 Å². The van der Waals surface area contributed by atoms with Crippen LogP contribution in [0.3, 0.4) is 0 Å². The molecular weight excluding hydrogens is 294 g/mol. The first kappa shape index (κ1) is 14.1. The van der Waals surface area contributed by atoms with E-state index in [1.807, 2.05) is 0 Å². The summed E-state index contributed by atoms with van der Waals surface area (Å²) in [6.45, 7) is 2.06. The summed E-state index contributed by atoms with van der Waals surface area (Å²) in [6.07, 6.45) is -1.91. The zero-order valence-corrected chi connectivity index (χ0v) is 11.0. The van der Waals surface area contributed by atoms with Gasteiger partial charge in [-0.25, -0.2) is 8.78 Å². The zero-order valence-electron chi connectivity index (χ0n) is 9.38. The van der Waals surface area contributed by atoms with E-state index in [9.17, 15) is 13.6 Å². The Balaban J connectivity index is 2.69. The number of benzene rings is 1. The molecule has 0 heterocycles. The minimum Gasteiger partial charge on any atom is -0.466 e. The van der Waals surface area contributed by atoms with Crippen molar-refractivity contribution in [2.24, 2.45) is 0 Å². The molecule has 0 radical (unpaired) electrons. The third-order valence-electron chi connectivity index (χ3n) is 2.23. The minimum absolute atomic E-state index is 0.0351. The zero-order chi connectivity index (χ0) is 12.8. The van der Waals surface area contributed by atoms with Gasteiger partial charge in [0.25, 0.3) is 6.43 Å². The van der Waals surface area contributed by atoms with E-state index < -0.39 is 6.43 Å². The number of hydrogen-bond acceptors (Lipinski definition) is 2. The summed E-state index contributed by atoms with van der Waals surface area (Å²) >= 11 is 3.27. The second kappa shape index (κ2) is 6.69. The third-order valence-corrected chi connectivity index (χ3v) is 3.00. The van der Waals surface area contributed by atoms with E-state index in [1.165, 1.54) is 12.1 Å². The van der Waals surface area contributed by atoms with Gasteiger partial charge >= 0.3 is 5.97 Å². The van der Waals surface area contributed by atoms with Gasteiger partial charge in [0.05, 0.1) is 6.61 Å². The Morgan fingerprint density at radius 2 is 2.18 bits per heavy atom. The monoisotopic (exact) mass is 306 g/mol. The summed E-state index contributed by atoms with van der Waals surface area (Å²) in [5.41, 5.74) is 0.655. The van der Waals surface area contributed by atoms with E-state index in [1.54, 1.807) is 13.0 Å². The predicted octanol–water partition coefficient (Wildman–Crippen LogP) is 3.88. The molecule has 0 aliphatic carbocycles. The average molecular weight is 307 g/mol. The minimum atomic E-state index is -2.50. The van der Waals surface area contributed by atoms with Crippen LogP contribution in [0.25, 0.3) is 0 Å². The number of rotatable bonds is 5. The molecule has 5 heteroatoms. The molecule has 0 N–H and O–H groups in total. The molecule has 0 aromatic heterocycles. The van der Waals surface area contributed by atoms with Gasteiger partial charge in [-0.1, -0.05) is 22.0 Å². The van der Waals surface area contributed by atoms with Crippen molar-refractivity contribution in [2.45, 2.75) is 26.2 Å². The standard InChI is InChI=1S/C12H13BrF2O2/c1-2-17-11(16)6-4-8-7-9(12(14)15)3-5-10(8)13/h3,5,7,12H,2,4,6H2,1H3. The van der Waals surface area contributed by atoms with E-state index in [4.69, 9.17) is 4.74 Å². The molecule has 0 aliphatic rings. The number of halogens is 3. The molecule has 0 bridgehead atoms. The van der Waals surface area contributed by atoms with E-state index >= 15 is 0 Å². The van der Waals surface area contributed by atoms with Crippen molar-refractivity contribution < 1.29 is 18.3 Å². The Morgan fingerprint density at radius 1 is 1.47 bits per heavy atom. The molecule has 0 spiro atoms. The summed E-state index contributed by atoms with van der Waals surface area (Å²) in [5, 5.41) is 0. The second-order valence-electron chi connectivity index (χ2n) is 3.46. The van der Waals surface area contributed by atoms with Gasteiger partial charge in [0.15, 0.2) is 0 Å². The highest BCUT2D eigenvalue weighted by Crippen LogP contribution is 2.25. The Labute approximate surface area is 107 Å². The third kappa shape index (κ3) is 4.42. The smallest absolute Gasteiger partial charge is 0.306 e. The van der Waals surface area contributed by atoms with Crippen LogP contribution in [-0.4, -0.2) is 12.6 Å². The fourth-order valence-corrected chi connectivity index (χ4v) is 1.84. The molecular formula is C12H13BrF2O2. The lowest BCUT2D eigenvalue weighted by molar-refractivity contribution is -0.143. The molecule has 0 saturated carbocycles. The molecule has 0 aliphatic heterocycles. The number of carbonyl (C=O) groups excluding carboxylic acids is 1. The molecule has 94 valence electrons. The van der Waals surface area contributed by atoms with E-state index in [-0.39, 0.29) is 18.0 Å². The molecule has 1 rings (SSSR count). The van der Waals surface area contributed by atoms with E-state index in [0.29, 0.717) is 18.6 Å². The van der Waals surface area contributed by atoms with Gasteiger partial charge in [-0.3, -0.25) is 4.79 Å². The number of ether oxygens (including phenoxy) is 1. The maximum Gasteiger partial charge on any atom is 0.306 e. The fourth-order valence-electron chi connectivity index (χ4n) is 1.39. The van der Waals surface area contributed by atoms with Crippen LogP contribution in [0, 0.1) is 0 Å². The maximum absolute atomic E-state index is 12.5. The summed E-state index contributed by atoms with van der Waals surface area (Å²) in [5.74, 6) is -0.318. The Kier molecular flexibility index (Phi) is 5.55. The number of aryl methyl sites for hydroxylation is 1. The van der Waals surface area contributed by atoms with Crippen LogP contribution in [0.1, 0.15) is 30.9 Å². The normalized spacial score (nSPS) is 10.6. The Morgan fingerprint density at radius 3 is 2.76 bits per heavy atom. The molecule has 0 unspecified atom stereocenters. The topological polar surface area (TPSA) is 26.3 Å².